The molecule has 0 amide bonds. The molecule has 0 aromatic carbocycles. The molecule has 0 radical (unpaired) electrons. The minimum Gasteiger partial charge on any atom is -0.327 e. The van der Waals surface area contributed by atoms with Crippen molar-refractivity contribution in [3.05, 3.63) is 45.5 Å². The monoisotopic (exact) mass is 297 g/mol. The van der Waals surface area contributed by atoms with Crippen molar-refractivity contribution in [3.63, 3.8) is 0 Å². The average Bonchev–Trinajstić information content (AvgIpc) is 2.39. The van der Waals surface area contributed by atoms with Crippen LogP contribution in [0.2, 0.25) is 5.02 Å². The number of fused-ring (bicyclic) bond motifs is 1. The molecular formula is C13H16ClN3OS. The molecule has 2 N–H and O–H groups in total. The molecule has 0 bridgehead atoms. The number of hydrogen-bond acceptors (Lipinski definition) is 4. The van der Waals surface area contributed by atoms with Gasteiger partial charge in [-0.25, -0.2) is 4.98 Å². The average molecular weight is 298 g/mol. The van der Waals surface area contributed by atoms with Crippen LogP contribution in [-0.2, 0) is 5.75 Å². The SMILES string of the molecule is CCC(N)CSCc1cc(=O)n2cc(Cl)ccc2n1. The zero-order valence-electron chi connectivity index (χ0n) is 10.7. The predicted molar refractivity (Wildman–Crippen MR) is 80.9 cm³/mol. The van der Waals surface area contributed by atoms with Gasteiger partial charge in [0, 0.05) is 29.8 Å². The zero-order valence-corrected chi connectivity index (χ0v) is 12.2. The second-order valence-corrected chi connectivity index (χ2v) is 5.81. The van der Waals surface area contributed by atoms with Gasteiger partial charge in [-0.2, -0.15) is 11.8 Å². The number of nitrogens with zero attached hydrogens (tertiary/aromatic N) is 2. The Morgan fingerprint density at radius 2 is 2.32 bits per heavy atom. The Morgan fingerprint density at radius 1 is 1.53 bits per heavy atom. The highest BCUT2D eigenvalue weighted by molar-refractivity contribution is 7.98. The predicted octanol–water partition coefficient (Wildman–Crippen LogP) is 2.32. The van der Waals surface area contributed by atoms with Crippen LogP contribution in [0.4, 0.5) is 0 Å². The molecule has 6 heteroatoms. The van der Waals surface area contributed by atoms with Crippen LogP contribution in [0.1, 0.15) is 19.0 Å². The number of rotatable bonds is 5. The molecule has 2 rings (SSSR count). The maximum absolute atomic E-state index is 11.9. The van der Waals surface area contributed by atoms with E-state index in [4.69, 9.17) is 17.3 Å². The fraction of sp³-hybridized carbons (Fsp3) is 0.385. The van der Waals surface area contributed by atoms with Crippen molar-refractivity contribution in [2.24, 2.45) is 5.73 Å². The number of thioether (sulfide) groups is 1. The first-order chi connectivity index (χ1) is 9.10. The quantitative estimate of drug-likeness (QED) is 0.920. The number of hydrogen-bond donors (Lipinski definition) is 1. The molecule has 0 spiro atoms. The summed E-state index contributed by atoms with van der Waals surface area (Å²) in [5.74, 6) is 1.57. The van der Waals surface area contributed by atoms with Crippen LogP contribution in [0, 0.1) is 0 Å². The molecule has 4 nitrogen and oxygen atoms in total. The summed E-state index contributed by atoms with van der Waals surface area (Å²) in [7, 11) is 0. The summed E-state index contributed by atoms with van der Waals surface area (Å²) in [6.45, 7) is 2.07. The molecule has 2 heterocycles. The molecule has 19 heavy (non-hydrogen) atoms. The highest BCUT2D eigenvalue weighted by atomic mass is 35.5. The van der Waals surface area contributed by atoms with E-state index < -0.39 is 0 Å². The van der Waals surface area contributed by atoms with Gasteiger partial charge in [-0.15, -0.1) is 0 Å². The van der Waals surface area contributed by atoms with Crippen LogP contribution in [0.25, 0.3) is 5.65 Å². The maximum Gasteiger partial charge on any atom is 0.258 e. The van der Waals surface area contributed by atoms with E-state index in [1.54, 1.807) is 36.2 Å². The first kappa shape index (κ1) is 14.4. The summed E-state index contributed by atoms with van der Waals surface area (Å²) in [6, 6.07) is 5.22. The molecule has 102 valence electrons. The van der Waals surface area contributed by atoms with Gasteiger partial charge in [-0.1, -0.05) is 18.5 Å². The van der Waals surface area contributed by atoms with Crippen molar-refractivity contribution >= 4 is 29.0 Å². The number of nitrogens with two attached hydrogens (primary N) is 1. The van der Waals surface area contributed by atoms with E-state index >= 15 is 0 Å². The van der Waals surface area contributed by atoms with Crippen LogP contribution < -0.4 is 11.3 Å². The van der Waals surface area contributed by atoms with E-state index in [1.165, 1.54) is 4.40 Å². The lowest BCUT2D eigenvalue weighted by Crippen LogP contribution is -2.21. The van der Waals surface area contributed by atoms with E-state index in [9.17, 15) is 4.79 Å². The van der Waals surface area contributed by atoms with Gasteiger partial charge >= 0.3 is 0 Å². The highest BCUT2D eigenvalue weighted by Crippen LogP contribution is 2.13. The number of halogens is 1. The Labute approximate surface area is 121 Å². The second-order valence-electron chi connectivity index (χ2n) is 4.34. The molecule has 0 saturated heterocycles. The van der Waals surface area contributed by atoms with Gasteiger partial charge in [-0.3, -0.25) is 9.20 Å². The van der Waals surface area contributed by atoms with Crippen molar-refractivity contribution in [2.75, 3.05) is 5.75 Å². The molecule has 1 unspecified atom stereocenters. The van der Waals surface area contributed by atoms with Crippen molar-refractivity contribution < 1.29 is 0 Å². The molecule has 1 atom stereocenters. The smallest absolute Gasteiger partial charge is 0.258 e. The summed E-state index contributed by atoms with van der Waals surface area (Å²) in [4.78, 5) is 16.4. The summed E-state index contributed by atoms with van der Waals surface area (Å²) in [5, 5.41) is 0.521. The van der Waals surface area contributed by atoms with Crippen LogP contribution in [-0.4, -0.2) is 21.2 Å². The van der Waals surface area contributed by atoms with Crippen molar-refractivity contribution in [1.29, 1.82) is 0 Å². The second kappa shape index (κ2) is 6.41. The van der Waals surface area contributed by atoms with E-state index in [-0.39, 0.29) is 11.6 Å². The molecule has 0 saturated carbocycles. The third-order valence-electron chi connectivity index (χ3n) is 2.78. The van der Waals surface area contributed by atoms with Crippen molar-refractivity contribution in [2.45, 2.75) is 25.1 Å². The lowest BCUT2D eigenvalue weighted by atomic mass is 10.3. The van der Waals surface area contributed by atoms with Gasteiger partial charge < -0.3 is 5.73 Å². The maximum atomic E-state index is 11.9. The molecule has 0 fully saturated rings. The number of pyridine rings is 1. The first-order valence-corrected chi connectivity index (χ1v) is 7.64. The Bertz CT molecular complexity index is 629. The molecule has 0 aliphatic heterocycles. The van der Waals surface area contributed by atoms with Crippen molar-refractivity contribution in [1.82, 2.24) is 9.38 Å². The minimum absolute atomic E-state index is 0.108. The van der Waals surface area contributed by atoms with E-state index in [1.807, 2.05) is 0 Å². The minimum atomic E-state index is -0.108. The fourth-order valence-electron chi connectivity index (χ4n) is 1.63. The third-order valence-corrected chi connectivity index (χ3v) is 4.17. The standard InChI is InChI=1S/C13H16ClN3OS/c1-2-10(15)7-19-8-11-5-13(18)17-6-9(14)3-4-12(17)16-11/h3-6,10H,2,7-8,15H2,1H3. The van der Waals surface area contributed by atoms with E-state index in [0.717, 1.165) is 17.9 Å². The first-order valence-electron chi connectivity index (χ1n) is 6.11. The van der Waals surface area contributed by atoms with E-state index in [0.29, 0.717) is 16.4 Å². The molecule has 2 aromatic rings. The molecule has 0 aliphatic carbocycles. The lowest BCUT2D eigenvalue weighted by Gasteiger charge is -2.08. The summed E-state index contributed by atoms with van der Waals surface area (Å²) >= 11 is 7.56. The Kier molecular flexibility index (Phi) is 4.85. The van der Waals surface area contributed by atoms with Crippen LogP contribution in [0.5, 0.6) is 0 Å². The largest absolute Gasteiger partial charge is 0.327 e. The van der Waals surface area contributed by atoms with Crippen LogP contribution in [0.15, 0.2) is 29.2 Å². The molecular weight excluding hydrogens is 282 g/mol. The van der Waals surface area contributed by atoms with Gasteiger partial charge in [0.15, 0.2) is 0 Å². The Hall–Kier alpha value is -1.04. The zero-order chi connectivity index (χ0) is 13.8. The number of aromatic nitrogens is 2. The third kappa shape index (κ3) is 3.72. The Morgan fingerprint density at radius 3 is 3.05 bits per heavy atom. The van der Waals surface area contributed by atoms with Gasteiger partial charge in [0.05, 0.1) is 10.7 Å². The summed E-state index contributed by atoms with van der Waals surface area (Å²) in [6.07, 6.45) is 2.54. The summed E-state index contributed by atoms with van der Waals surface area (Å²) < 4.78 is 1.45. The summed E-state index contributed by atoms with van der Waals surface area (Å²) in [5.41, 5.74) is 7.14. The Balaban J connectivity index is 2.17. The normalized spacial score (nSPS) is 12.8. The van der Waals surface area contributed by atoms with Crippen LogP contribution >= 0.6 is 23.4 Å². The van der Waals surface area contributed by atoms with Gasteiger partial charge in [0.25, 0.3) is 5.56 Å². The lowest BCUT2D eigenvalue weighted by molar-refractivity contribution is 0.724. The van der Waals surface area contributed by atoms with Crippen LogP contribution in [0.3, 0.4) is 0 Å². The molecule has 0 aliphatic rings. The van der Waals surface area contributed by atoms with Gasteiger partial charge in [0.1, 0.15) is 5.65 Å². The highest BCUT2D eigenvalue weighted by Gasteiger charge is 2.05. The molecule has 2 aromatic heterocycles. The van der Waals surface area contributed by atoms with Gasteiger partial charge in [-0.05, 0) is 18.6 Å². The topological polar surface area (TPSA) is 60.4 Å². The van der Waals surface area contributed by atoms with Crippen molar-refractivity contribution in [3.8, 4) is 0 Å². The van der Waals surface area contributed by atoms with E-state index in [2.05, 4.69) is 11.9 Å². The van der Waals surface area contributed by atoms with Gasteiger partial charge in [0.2, 0.25) is 0 Å². The fourth-order valence-corrected chi connectivity index (χ4v) is 2.81.